The fourth-order valence-corrected chi connectivity index (χ4v) is 3.43. The van der Waals surface area contributed by atoms with Crippen molar-refractivity contribution in [1.82, 2.24) is 5.32 Å². The SMILES string of the molecule is CC(C)C(CNC(=O)C1CCCCC1C(F)(F)F)C(C)C. The second-order valence-corrected chi connectivity index (χ2v) is 6.94. The van der Waals surface area contributed by atoms with Crippen LogP contribution in [0, 0.1) is 29.6 Å². The van der Waals surface area contributed by atoms with Gasteiger partial charge in [-0.15, -0.1) is 0 Å². The van der Waals surface area contributed by atoms with Crippen molar-refractivity contribution < 1.29 is 18.0 Å². The molecule has 1 N–H and O–H groups in total. The van der Waals surface area contributed by atoms with Crippen molar-refractivity contribution in [3.8, 4) is 0 Å². The van der Waals surface area contributed by atoms with E-state index in [0.29, 0.717) is 43.6 Å². The third kappa shape index (κ3) is 5.19. The first kappa shape index (κ1) is 18.3. The number of alkyl halides is 3. The topological polar surface area (TPSA) is 29.1 Å². The first-order valence-electron chi connectivity index (χ1n) is 7.99. The van der Waals surface area contributed by atoms with Crippen LogP contribution in [0.1, 0.15) is 53.4 Å². The predicted molar refractivity (Wildman–Crippen MR) is 77.7 cm³/mol. The molecule has 21 heavy (non-hydrogen) atoms. The van der Waals surface area contributed by atoms with Gasteiger partial charge in [0.05, 0.1) is 5.92 Å². The summed E-state index contributed by atoms with van der Waals surface area (Å²) in [6.45, 7) is 8.78. The third-order valence-electron chi connectivity index (χ3n) is 4.75. The molecule has 1 amide bonds. The lowest BCUT2D eigenvalue weighted by Crippen LogP contribution is -2.44. The Morgan fingerprint density at radius 1 is 1.10 bits per heavy atom. The predicted octanol–water partition coefficient (Wildman–Crippen LogP) is 4.40. The van der Waals surface area contributed by atoms with Crippen LogP contribution in [0.5, 0.6) is 0 Å². The molecule has 2 atom stereocenters. The van der Waals surface area contributed by atoms with Crippen molar-refractivity contribution >= 4 is 5.91 Å². The van der Waals surface area contributed by atoms with Gasteiger partial charge in [0.25, 0.3) is 0 Å². The van der Waals surface area contributed by atoms with Gasteiger partial charge in [-0.1, -0.05) is 40.5 Å². The molecule has 0 radical (unpaired) electrons. The van der Waals surface area contributed by atoms with Crippen molar-refractivity contribution in [1.29, 1.82) is 0 Å². The lowest BCUT2D eigenvalue weighted by molar-refractivity contribution is -0.198. The number of rotatable bonds is 5. The van der Waals surface area contributed by atoms with E-state index in [2.05, 4.69) is 33.0 Å². The summed E-state index contributed by atoms with van der Waals surface area (Å²) in [5.41, 5.74) is 0. The van der Waals surface area contributed by atoms with Gasteiger partial charge in [-0.3, -0.25) is 4.79 Å². The summed E-state index contributed by atoms with van der Waals surface area (Å²) in [4.78, 5) is 12.2. The number of nitrogens with one attached hydrogen (secondary N) is 1. The number of carbonyl (C=O) groups excluding carboxylic acids is 1. The van der Waals surface area contributed by atoms with Crippen LogP contribution in [-0.2, 0) is 4.79 Å². The molecular weight excluding hydrogens is 279 g/mol. The maximum atomic E-state index is 13.0. The summed E-state index contributed by atoms with van der Waals surface area (Å²) in [6, 6.07) is 0. The van der Waals surface area contributed by atoms with Gasteiger partial charge in [0.1, 0.15) is 0 Å². The minimum Gasteiger partial charge on any atom is -0.356 e. The van der Waals surface area contributed by atoms with Crippen LogP contribution < -0.4 is 5.32 Å². The molecule has 2 unspecified atom stereocenters. The maximum Gasteiger partial charge on any atom is 0.392 e. The first-order chi connectivity index (χ1) is 9.64. The van der Waals surface area contributed by atoms with E-state index in [0.717, 1.165) is 0 Å². The molecule has 0 aromatic heterocycles. The van der Waals surface area contributed by atoms with Gasteiger partial charge in [0.2, 0.25) is 5.91 Å². The van der Waals surface area contributed by atoms with Gasteiger partial charge < -0.3 is 5.32 Å². The van der Waals surface area contributed by atoms with Crippen LogP contribution in [-0.4, -0.2) is 18.6 Å². The highest BCUT2D eigenvalue weighted by Gasteiger charge is 2.48. The van der Waals surface area contributed by atoms with E-state index in [1.807, 2.05) is 0 Å². The fourth-order valence-electron chi connectivity index (χ4n) is 3.43. The largest absolute Gasteiger partial charge is 0.392 e. The Bertz CT molecular complexity index is 331. The summed E-state index contributed by atoms with van der Waals surface area (Å²) in [6.07, 6.45) is -2.56. The van der Waals surface area contributed by atoms with Crippen LogP contribution in [0.15, 0.2) is 0 Å². The lowest BCUT2D eigenvalue weighted by Gasteiger charge is -2.33. The van der Waals surface area contributed by atoms with E-state index in [-0.39, 0.29) is 6.42 Å². The average Bonchev–Trinajstić information content (AvgIpc) is 2.36. The Balaban J connectivity index is 2.64. The zero-order valence-electron chi connectivity index (χ0n) is 13.5. The lowest BCUT2D eigenvalue weighted by atomic mass is 9.78. The number of carbonyl (C=O) groups is 1. The minimum atomic E-state index is -4.27. The van der Waals surface area contributed by atoms with Crippen LogP contribution in [0.25, 0.3) is 0 Å². The van der Waals surface area contributed by atoms with Gasteiger partial charge in [0.15, 0.2) is 0 Å². The molecule has 124 valence electrons. The summed E-state index contributed by atoms with van der Waals surface area (Å²) in [7, 11) is 0. The first-order valence-corrected chi connectivity index (χ1v) is 7.99. The van der Waals surface area contributed by atoms with Gasteiger partial charge in [-0.2, -0.15) is 13.2 Å². The van der Waals surface area contributed by atoms with E-state index >= 15 is 0 Å². The number of hydrogen-bond donors (Lipinski definition) is 1. The standard InChI is InChI=1S/C16H28F3NO/c1-10(2)13(11(3)4)9-20-15(21)12-7-5-6-8-14(12)16(17,18)19/h10-14H,5-9H2,1-4H3,(H,20,21). The van der Waals surface area contributed by atoms with E-state index in [4.69, 9.17) is 0 Å². The van der Waals surface area contributed by atoms with Crippen molar-refractivity contribution in [2.45, 2.75) is 59.6 Å². The molecule has 0 spiro atoms. The number of halogens is 3. The summed E-state index contributed by atoms with van der Waals surface area (Å²) < 4.78 is 39.1. The van der Waals surface area contributed by atoms with Crippen LogP contribution in [0.2, 0.25) is 0 Å². The summed E-state index contributed by atoms with van der Waals surface area (Å²) in [5.74, 6) is -1.70. The van der Waals surface area contributed by atoms with E-state index < -0.39 is 23.9 Å². The molecule has 1 fully saturated rings. The van der Waals surface area contributed by atoms with Crippen molar-refractivity contribution in [3.63, 3.8) is 0 Å². The Labute approximate surface area is 125 Å². The molecule has 1 aliphatic carbocycles. The molecule has 1 aliphatic rings. The maximum absolute atomic E-state index is 13.0. The van der Waals surface area contributed by atoms with E-state index in [1.165, 1.54) is 0 Å². The Morgan fingerprint density at radius 3 is 2.10 bits per heavy atom. The third-order valence-corrected chi connectivity index (χ3v) is 4.75. The normalized spacial score (nSPS) is 23.9. The second kappa shape index (κ2) is 7.50. The quantitative estimate of drug-likeness (QED) is 0.801. The highest BCUT2D eigenvalue weighted by molar-refractivity contribution is 5.79. The van der Waals surface area contributed by atoms with Gasteiger partial charge >= 0.3 is 6.18 Å². The monoisotopic (exact) mass is 307 g/mol. The molecule has 0 heterocycles. The zero-order chi connectivity index (χ0) is 16.2. The van der Waals surface area contributed by atoms with Gasteiger partial charge in [0, 0.05) is 12.5 Å². The summed E-state index contributed by atoms with van der Waals surface area (Å²) in [5, 5.41) is 2.78. The van der Waals surface area contributed by atoms with Crippen molar-refractivity contribution in [2.24, 2.45) is 29.6 Å². The average molecular weight is 307 g/mol. The molecule has 0 aliphatic heterocycles. The number of hydrogen-bond acceptors (Lipinski definition) is 1. The molecule has 1 rings (SSSR count). The minimum absolute atomic E-state index is 0.0827. The molecule has 1 saturated carbocycles. The Kier molecular flexibility index (Phi) is 6.54. The molecule has 0 bridgehead atoms. The molecule has 5 heteroatoms. The molecular formula is C16H28F3NO. The smallest absolute Gasteiger partial charge is 0.356 e. The van der Waals surface area contributed by atoms with E-state index in [1.54, 1.807) is 0 Å². The molecule has 0 saturated heterocycles. The molecule has 2 nitrogen and oxygen atoms in total. The summed E-state index contributed by atoms with van der Waals surface area (Å²) >= 11 is 0. The molecule has 0 aromatic carbocycles. The van der Waals surface area contributed by atoms with Crippen molar-refractivity contribution in [2.75, 3.05) is 6.54 Å². The van der Waals surface area contributed by atoms with Crippen LogP contribution in [0.4, 0.5) is 13.2 Å². The van der Waals surface area contributed by atoms with Crippen molar-refractivity contribution in [3.05, 3.63) is 0 Å². The Morgan fingerprint density at radius 2 is 1.62 bits per heavy atom. The van der Waals surface area contributed by atoms with E-state index in [9.17, 15) is 18.0 Å². The van der Waals surface area contributed by atoms with Crippen LogP contribution >= 0.6 is 0 Å². The van der Waals surface area contributed by atoms with Crippen LogP contribution in [0.3, 0.4) is 0 Å². The number of amides is 1. The van der Waals surface area contributed by atoms with Gasteiger partial charge in [-0.05, 0) is 30.6 Å². The fraction of sp³-hybridized carbons (Fsp3) is 0.938. The highest BCUT2D eigenvalue weighted by atomic mass is 19.4. The second-order valence-electron chi connectivity index (χ2n) is 6.94. The highest BCUT2D eigenvalue weighted by Crippen LogP contribution is 2.41. The molecule has 0 aromatic rings. The zero-order valence-corrected chi connectivity index (χ0v) is 13.5. The Hall–Kier alpha value is -0.740. The van der Waals surface area contributed by atoms with Gasteiger partial charge in [-0.25, -0.2) is 0 Å².